The zero-order chi connectivity index (χ0) is 20.9. The summed E-state index contributed by atoms with van der Waals surface area (Å²) in [6, 6.07) is 0.623. The molecule has 1 N–H and O–H groups in total. The number of nitrogens with one attached hydrogen (secondary N) is 1. The van der Waals surface area contributed by atoms with Gasteiger partial charge in [-0.1, -0.05) is 23.1 Å². The lowest BCUT2D eigenvalue weighted by molar-refractivity contribution is -0.140. The number of hydrogen-bond donors (Lipinski definition) is 1. The highest BCUT2D eigenvalue weighted by molar-refractivity contribution is 8.01. The van der Waals surface area contributed by atoms with E-state index in [1.807, 2.05) is 4.90 Å². The number of likely N-dealkylation sites (tertiary alicyclic amines) is 1. The lowest BCUT2D eigenvalue weighted by atomic mass is 9.49. The molecular formula is C22H32N4O2S2. The van der Waals surface area contributed by atoms with E-state index in [0.29, 0.717) is 23.0 Å². The number of thioether (sulfide) groups is 1. The fraction of sp³-hybridized carbons (Fsp3) is 0.818. The molecule has 2 atom stereocenters. The van der Waals surface area contributed by atoms with Crippen molar-refractivity contribution in [2.24, 2.45) is 23.2 Å². The van der Waals surface area contributed by atoms with Gasteiger partial charge in [0.2, 0.25) is 16.9 Å². The minimum absolute atomic E-state index is 0.154. The van der Waals surface area contributed by atoms with E-state index in [9.17, 15) is 9.59 Å². The average molecular weight is 449 g/mol. The van der Waals surface area contributed by atoms with Gasteiger partial charge in [-0.3, -0.25) is 9.59 Å². The van der Waals surface area contributed by atoms with Gasteiger partial charge in [0.1, 0.15) is 0 Å². The van der Waals surface area contributed by atoms with E-state index >= 15 is 0 Å². The second-order valence-electron chi connectivity index (χ2n) is 10.2. The first-order valence-electron chi connectivity index (χ1n) is 11.5. The monoisotopic (exact) mass is 448 g/mol. The molecule has 2 unspecified atom stereocenters. The van der Waals surface area contributed by atoms with Crippen molar-refractivity contribution >= 4 is 40.0 Å². The highest BCUT2D eigenvalue weighted by Crippen LogP contribution is 2.60. The van der Waals surface area contributed by atoms with Gasteiger partial charge in [-0.05, 0) is 89.4 Å². The first-order chi connectivity index (χ1) is 14.4. The van der Waals surface area contributed by atoms with Crippen molar-refractivity contribution in [3.63, 3.8) is 0 Å². The first-order valence-corrected chi connectivity index (χ1v) is 13.3. The van der Waals surface area contributed by atoms with Crippen LogP contribution in [0.15, 0.2) is 4.34 Å². The minimum Gasteiger partial charge on any atom is -0.337 e. The van der Waals surface area contributed by atoms with E-state index in [0.717, 1.165) is 54.2 Å². The standard InChI is InChI=1S/C22H32N4O2S2/c1-13-4-3-5-14(2)26(13)18(27)12-29-21-25-24-20(30-21)23-19(28)22-9-15-6-16(10-22)8-17(7-15)11-22/h13-17H,3-12H2,1-2H3,(H,23,24,28). The third-order valence-corrected chi connectivity index (χ3v) is 9.90. The Morgan fingerprint density at radius 2 is 1.67 bits per heavy atom. The summed E-state index contributed by atoms with van der Waals surface area (Å²) in [7, 11) is 0. The van der Waals surface area contributed by atoms with Crippen molar-refractivity contribution in [3.8, 4) is 0 Å². The lowest BCUT2D eigenvalue weighted by Crippen LogP contribution is -2.51. The van der Waals surface area contributed by atoms with Gasteiger partial charge in [0.15, 0.2) is 4.34 Å². The topological polar surface area (TPSA) is 75.2 Å². The molecule has 8 heteroatoms. The van der Waals surface area contributed by atoms with Gasteiger partial charge in [0, 0.05) is 12.1 Å². The number of carbonyl (C=O) groups excluding carboxylic acids is 2. The quantitative estimate of drug-likeness (QED) is 0.527. The zero-order valence-corrected chi connectivity index (χ0v) is 19.6. The summed E-state index contributed by atoms with van der Waals surface area (Å²) >= 11 is 2.83. The average Bonchev–Trinajstić information content (AvgIpc) is 3.12. The highest BCUT2D eigenvalue weighted by Gasteiger charge is 2.54. The van der Waals surface area contributed by atoms with Crippen molar-refractivity contribution in [1.82, 2.24) is 15.1 Å². The maximum atomic E-state index is 13.2. The number of anilines is 1. The fourth-order valence-electron chi connectivity index (χ4n) is 7.05. The van der Waals surface area contributed by atoms with Crippen LogP contribution in [0.3, 0.4) is 0 Å². The van der Waals surface area contributed by atoms with Gasteiger partial charge >= 0.3 is 0 Å². The maximum absolute atomic E-state index is 13.2. The molecule has 164 valence electrons. The predicted octanol–water partition coefficient (Wildman–Crippen LogP) is 4.57. The maximum Gasteiger partial charge on any atom is 0.233 e. The summed E-state index contributed by atoms with van der Waals surface area (Å²) in [4.78, 5) is 27.9. The molecule has 30 heavy (non-hydrogen) atoms. The largest absolute Gasteiger partial charge is 0.337 e. The molecule has 1 saturated heterocycles. The van der Waals surface area contributed by atoms with Gasteiger partial charge in [-0.15, -0.1) is 10.2 Å². The molecule has 2 heterocycles. The highest BCUT2D eigenvalue weighted by atomic mass is 32.2. The molecule has 0 aromatic carbocycles. The van der Waals surface area contributed by atoms with E-state index in [4.69, 9.17) is 0 Å². The molecule has 4 aliphatic carbocycles. The van der Waals surface area contributed by atoms with Crippen LogP contribution in [-0.2, 0) is 9.59 Å². The van der Waals surface area contributed by atoms with Crippen molar-refractivity contribution in [2.45, 2.75) is 88.1 Å². The molecule has 6 rings (SSSR count). The molecule has 5 aliphatic rings. The van der Waals surface area contributed by atoms with Crippen molar-refractivity contribution in [1.29, 1.82) is 0 Å². The summed E-state index contributed by atoms with van der Waals surface area (Å²) in [5, 5.41) is 12.1. The Morgan fingerprint density at radius 3 is 2.27 bits per heavy atom. The third kappa shape index (κ3) is 3.90. The van der Waals surface area contributed by atoms with E-state index < -0.39 is 0 Å². The van der Waals surface area contributed by atoms with Gasteiger partial charge in [-0.2, -0.15) is 0 Å². The molecule has 2 amide bonds. The van der Waals surface area contributed by atoms with Crippen molar-refractivity contribution in [3.05, 3.63) is 0 Å². The molecule has 0 spiro atoms. The van der Waals surface area contributed by atoms with Crippen LogP contribution in [0, 0.1) is 23.2 Å². The van der Waals surface area contributed by atoms with Crippen molar-refractivity contribution < 1.29 is 9.59 Å². The van der Waals surface area contributed by atoms with Crippen LogP contribution >= 0.6 is 23.1 Å². The number of amides is 2. The van der Waals surface area contributed by atoms with Crippen molar-refractivity contribution in [2.75, 3.05) is 11.1 Å². The van der Waals surface area contributed by atoms with E-state index in [1.165, 1.54) is 48.8 Å². The summed E-state index contributed by atoms with van der Waals surface area (Å²) in [5.41, 5.74) is -0.176. The molecule has 4 bridgehead atoms. The summed E-state index contributed by atoms with van der Waals surface area (Å²) in [6.45, 7) is 4.28. The van der Waals surface area contributed by atoms with Crippen LogP contribution < -0.4 is 5.32 Å². The van der Waals surface area contributed by atoms with E-state index in [2.05, 4.69) is 29.4 Å². The van der Waals surface area contributed by atoms with E-state index in [-0.39, 0.29) is 17.2 Å². The van der Waals surface area contributed by atoms with E-state index in [1.54, 1.807) is 0 Å². The van der Waals surface area contributed by atoms with Crippen LogP contribution in [-0.4, -0.2) is 44.7 Å². The molecular weight excluding hydrogens is 416 g/mol. The van der Waals surface area contributed by atoms with Gasteiger partial charge < -0.3 is 10.2 Å². The molecule has 1 aromatic heterocycles. The number of piperidine rings is 1. The Balaban J connectivity index is 1.17. The summed E-state index contributed by atoms with van der Waals surface area (Å²) in [5.74, 6) is 2.94. The Bertz CT molecular complexity index is 781. The number of nitrogens with zero attached hydrogens (tertiary/aromatic N) is 3. The minimum atomic E-state index is -0.176. The summed E-state index contributed by atoms with van der Waals surface area (Å²) < 4.78 is 0.751. The van der Waals surface area contributed by atoms with Gasteiger partial charge in [-0.25, -0.2) is 0 Å². The smallest absolute Gasteiger partial charge is 0.233 e. The first kappa shape index (κ1) is 20.7. The molecule has 1 aliphatic heterocycles. The van der Waals surface area contributed by atoms with Crippen LogP contribution in [0.2, 0.25) is 0 Å². The normalized spacial score (nSPS) is 37.4. The van der Waals surface area contributed by atoms with Gasteiger partial charge in [0.05, 0.1) is 11.2 Å². The fourth-order valence-corrected chi connectivity index (χ4v) is 8.66. The number of aromatic nitrogens is 2. The second kappa shape index (κ2) is 8.08. The van der Waals surface area contributed by atoms with Crippen LogP contribution in [0.4, 0.5) is 5.13 Å². The Morgan fingerprint density at radius 1 is 1.07 bits per heavy atom. The lowest BCUT2D eigenvalue weighted by Gasteiger charge is -2.55. The molecule has 5 fully saturated rings. The Hall–Kier alpha value is -1.15. The SMILES string of the molecule is CC1CCCC(C)N1C(=O)CSc1nnc(NC(=O)C23CC4CC(CC(C4)C2)C3)s1. The molecule has 1 aromatic rings. The molecule has 4 saturated carbocycles. The Labute approximate surface area is 187 Å². The van der Waals surface area contributed by atoms with Gasteiger partial charge in [0.25, 0.3) is 0 Å². The third-order valence-electron chi connectivity index (χ3n) is 7.95. The van der Waals surface area contributed by atoms with Crippen LogP contribution in [0.5, 0.6) is 0 Å². The molecule has 6 nitrogen and oxygen atoms in total. The van der Waals surface area contributed by atoms with Crippen LogP contribution in [0.25, 0.3) is 0 Å². The predicted molar refractivity (Wildman–Crippen MR) is 119 cm³/mol. The Kier molecular flexibility index (Phi) is 5.58. The number of hydrogen-bond acceptors (Lipinski definition) is 6. The van der Waals surface area contributed by atoms with Crippen LogP contribution in [0.1, 0.15) is 71.6 Å². The number of carbonyl (C=O) groups is 2. The number of rotatable bonds is 5. The zero-order valence-electron chi connectivity index (χ0n) is 17.9. The molecule has 0 radical (unpaired) electrons. The second-order valence-corrected chi connectivity index (χ2v) is 12.4. The summed E-state index contributed by atoms with van der Waals surface area (Å²) in [6.07, 6.45) is 10.5.